The van der Waals surface area contributed by atoms with Crippen LogP contribution in [0, 0.1) is 12.7 Å². The van der Waals surface area contributed by atoms with Gasteiger partial charge in [0.1, 0.15) is 11.5 Å². The number of hydrogen-bond donors (Lipinski definition) is 3. The number of thioether (sulfide) groups is 1. The Bertz CT molecular complexity index is 1120. The Kier molecular flexibility index (Phi) is 9.58. The van der Waals surface area contributed by atoms with Gasteiger partial charge in [-0.15, -0.1) is 0 Å². The lowest BCUT2D eigenvalue weighted by atomic mass is 10.1. The fraction of sp³-hybridized carbons (Fsp3) is 0.391. The van der Waals surface area contributed by atoms with E-state index in [0.29, 0.717) is 22.3 Å². The minimum atomic E-state index is -3.14. The summed E-state index contributed by atoms with van der Waals surface area (Å²) in [6, 6.07) is 4.62. The molecule has 0 radical (unpaired) electrons. The molecule has 35 heavy (non-hydrogen) atoms. The van der Waals surface area contributed by atoms with Crippen LogP contribution < -0.4 is 20.1 Å². The second-order valence-corrected chi connectivity index (χ2v) is 10.4. The molecule has 1 aromatic carbocycles. The first-order valence-electron chi connectivity index (χ1n) is 10.9. The number of alkyl halides is 2. The van der Waals surface area contributed by atoms with Crippen LogP contribution in [0.3, 0.4) is 0 Å². The van der Waals surface area contributed by atoms with Crippen LogP contribution in [0.2, 0.25) is 0 Å². The molecular formula is C23H28F3N5O2S2. The standard InChI is InChI=1S/C23H28F3N5O2S2/c1-13(2)34-21(18-9-11-28-23(30-18)29-16-6-5-10-27-12-16)15(4)33-19-8-7-17(20(24)14(19)3)31-35(32)22(25)26/h7-9,11,16,22,27,31H,1,5-6,10,12H2,2-4H3,(H,28,29,30)/b21-15+. The van der Waals surface area contributed by atoms with Gasteiger partial charge in [0.2, 0.25) is 5.95 Å². The van der Waals surface area contributed by atoms with Gasteiger partial charge in [-0.1, -0.05) is 18.3 Å². The summed E-state index contributed by atoms with van der Waals surface area (Å²) in [4.78, 5) is 10.4. The molecule has 1 aliphatic rings. The summed E-state index contributed by atoms with van der Waals surface area (Å²) in [6.45, 7) is 10.8. The minimum Gasteiger partial charge on any atom is -0.460 e. The zero-order chi connectivity index (χ0) is 25.5. The maximum atomic E-state index is 14.8. The van der Waals surface area contributed by atoms with Gasteiger partial charge in [-0.05, 0) is 63.3 Å². The lowest BCUT2D eigenvalue weighted by molar-refractivity contribution is 0.244. The summed E-state index contributed by atoms with van der Waals surface area (Å²) in [6.07, 6.45) is 3.75. The molecule has 2 unspecified atom stereocenters. The molecule has 0 aliphatic carbocycles. The highest BCUT2D eigenvalue weighted by Gasteiger charge is 2.20. The molecule has 0 spiro atoms. The molecule has 2 atom stereocenters. The van der Waals surface area contributed by atoms with Crippen molar-refractivity contribution in [2.24, 2.45) is 0 Å². The number of anilines is 2. The predicted octanol–water partition coefficient (Wildman–Crippen LogP) is 5.42. The number of allylic oxidation sites excluding steroid dienone is 2. The molecule has 1 aliphatic heterocycles. The van der Waals surface area contributed by atoms with Crippen molar-refractivity contribution in [1.82, 2.24) is 15.3 Å². The van der Waals surface area contributed by atoms with Crippen molar-refractivity contribution < 1.29 is 22.1 Å². The third-order valence-corrected chi connectivity index (χ3v) is 6.88. The largest absolute Gasteiger partial charge is 0.460 e. The topological polar surface area (TPSA) is 88.2 Å². The highest BCUT2D eigenvalue weighted by atomic mass is 32.2. The summed E-state index contributed by atoms with van der Waals surface area (Å²) in [5.74, 6) is -2.84. The molecule has 1 fully saturated rings. The minimum absolute atomic E-state index is 0.0788. The number of nitrogens with zero attached hydrogens (tertiary/aromatic N) is 2. The second kappa shape index (κ2) is 12.4. The molecule has 3 N–H and O–H groups in total. The van der Waals surface area contributed by atoms with Gasteiger partial charge in [0, 0.05) is 24.3 Å². The van der Waals surface area contributed by atoms with Crippen LogP contribution in [-0.4, -0.2) is 39.1 Å². The summed E-state index contributed by atoms with van der Waals surface area (Å²) >= 11 is 1.36. The Balaban J connectivity index is 1.88. The van der Waals surface area contributed by atoms with Crippen molar-refractivity contribution in [3.05, 3.63) is 58.7 Å². The zero-order valence-electron chi connectivity index (χ0n) is 19.7. The van der Waals surface area contributed by atoms with E-state index in [-0.39, 0.29) is 23.0 Å². The van der Waals surface area contributed by atoms with Crippen molar-refractivity contribution in [3.63, 3.8) is 0 Å². The van der Waals surface area contributed by atoms with Crippen LogP contribution >= 0.6 is 11.8 Å². The number of piperidine rings is 1. The smallest absolute Gasteiger partial charge is 0.330 e. The van der Waals surface area contributed by atoms with Crippen molar-refractivity contribution in [1.29, 1.82) is 0 Å². The second-order valence-electron chi connectivity index (χ2n) is 7.95. The molecular weight excluding hydrogens is 499 g/mol. The number of ether oxygens (including phenoxy) is 1. The molecule has 2 heterocycles. The Morgan fingerprint density at radius 1 is 1.34 bits per heavy atom. The molecule has 190 valence electrons. The summed E-state index contributed by atoms with van der Waals surface area (Å²) < 4.78 is 59.2. The van der Waals surface area contributed by atoms with Crippen LogP contribution in [0.15, 0.2) is 41.6 Å². The lowest BCUT2D eigenvalue weighted by Gasteiger charge is -2.24. The van der Waals surface area contributed by atoms with Crippen LogP contribution in [-0.2, 0) is 11.0 Å². The Labute approximate surface area is 209 Å². The number of rotatable bonds is 10. The molecule has 1 saturated heterocycles. The maximum Gasteiger partial charge on any atom is 0.330 e. The molecule has 7 nitrogen and oxygen atoms in total. The first-order chi connectivity index (χ1) is 16.7. The maximum absolute atomic E-state index is 14.8. The SMILES string of the molecule is C=C(C)S/C(=C(\C)Oc1ccc(NS(=O)C(F)F)c(F)c1C)c1ccnc(NC2CCCNC2)n1. The summed E-state index contributed by atoms with van der Waals surface area (Å²) in [5.41, 5.74) is 0.394. The van der Waals surface area contributed by atoms with Gasteiger partial charge in [-0.3, -0.25) is 4.72 Å². The lowest BCUT2D eigenvalue weighted by Crippen LogP contribution is -2.38. The fourth-order valence-electron chi connectivity index (χ4n) is 3.41. The van der Waals surface area contributed by atoms with Crippen LogP contribution in [0.1, 0.15) is 37.9 Å². The number of hydrogen-bond acceptors (Lipinski definition) is 7. The molecule has 0 bridgehead atoms. The van der Waals surface area contributed by atoms with E-state index in [1.807, 2.05) is 11.6 Å². The first-order valence-corrected chi connectivity index (χ1v) is 13.0. The molecule has 0 saturated carbocycles. The van der Waals surface area contributed by atoms with Crippen molar-refractivity contribution >= 4 is 39.3 Å². The Morgan fingerprint density at radius 3 is 2.77 bits per heavy atom. The normalized spacial score (nSPS) is 17.5. The van der Waals surface area contributed by atoms with E-state index in [0.717, 1.165) is 30.8 Å². The fourth-order valence-corrected chi connectivity index (χ4v) is 4.63. The molecule has 1 aromatic heterocycles. The van der Waals surface area contributed by atoms with Gasteiger partial charge in [-0.2, -0.15) is 8.78 Å². The highest BCUT2D eigenvalue weighted by Crippen LogP contribution is 2.37. The Hall–Kier alpha value is -2.57. The number of aromatic nitrogens is 2. The van der Waals surface area contributed by atoms with E-state index in [9.17, 15) is 17.4 Å². The molecule has 3 rings (SSSR count). The highest BCUT2D eigenvalue weighted by molar-refractivity contribution is 8.11. The third-order valence-electron chi connectivity index (χ3n) is 5.09. The molecule has 0 amide bonds. The van der Waals surface area contributed by atoms with Gasteiger partial charge < -0.3 is 15.4 Å². The van der Waals surface area contributed by atoms with Gasteiger partial charge in [0.15, 0.2) is 16.8 Å². The van der Waals surface area contributed by atoms with Gasteiger partial charge in [0.25, 0.3) is 0 Å². The number of nitrogens with one attached hydrogen (secondary N) is 3. The van der Waals surface area contributed by atoms with Crippen LogP contribution in [0.4, 0.5) is 24.8 Å². The van der Waals surface area contributed by atoms with E-state index < -0.39 is 22.6 Å². The average molecular weight is 528 g/mol. The van der Waals surface area contributed by atoms with Crippen molar-refractivity contribution in [2.45, 2.75) is 45.4 Å². The first kappa shape index (κ1) is 27.0. The van der Waals surface area contributed by atoms with Crippen molar-refractivity contribution in [3.8, 4) is 5.75 Å². The number of halogens is 3. The van der Waals surface area contributed by atoms with Crippen LogP contribution in [0.25, 0.3) is 4.91 Å². The predicted molar refractivity (Wildman–Crippen MR) is 136 cm³/mol. The monoisotopic (exact) mass is 527 g/mol. The van der Waals surface area contributed by atoms with E-state index in [1.165, 1.54) is 30.8 Å². The van der Waals surface area contributed by atoms with E-state index >= 15 is 0 Å². The Morgan fingerprint density at radius 2 is 2.11 bits per heavy atom. The van der Waals surface area contributed by atoms with Crippen LogP contribution in [0.5, 0.6) is 5.75 Å². The molecule has 12 heteroatoms. The average Bonchev–Trinajstić information content (AvgIpc) is 2.82. The van der Waals surface area contributed by atoms with E-state index in [4.69, 9.17) is 4.74 Å². The quantitative estimate of drug-likeness (QED) is 0.356. The summed E-state index contributed by atoms with van der Waals surface area (Å²) in [5, 5.41) is 6.69. The van der Waals surface area contributed by atoms with Crippen molar-refractivity contribution in [2.75, 3.05) is 23.1 Å². The van der Waals surface area contributed by atoms with E-state index in [1.54, 1.807) is 19.2 Å². The van der Waals surface area contributed by atoms with Gasteiger partial charge in [-0.25, -0.2) is 18.6 Å². The van der Waals surface area contributed by atoms with Gasteiger partial charge in [0.05, 0.1) is 16.3 Å². The van der Waals surface area contributed by atoms with E-state index in [2.05, 4.69) is 27.2 Å². The summed E-state index contributed by atoms with van der Waals surface area (Å²) in [7, 11) is -2.71. The zero-order valence-corrected chi connectivity index (χ0v) is 21.3. The molecule has 2 aromatic rings. The number of benzene rings is 1. The third kappa shape index (κ3) is 7.45. The van der Waals surface area contributed by atoms with Gasteiger partial charge >= 0.3 is 5.76 Å².